The molecule has 0 aromatic carbocycles. The lowest BCUT2D eigenvalue weighted by atomic mass is 10.0. The molecule has 0 rings (SSSR count). The van der Waals surface area contributed by atoms with E-state index in [1.807, 2.05) is 0 Å². The monoisotopic (exact) mass is 189 g/mol. The van der Waals surface area contributed by atoms with Crippen LogP contribution in [0.5, 0.6) is 0 Å². The van der Waals surface area contributed by atoms with Crippen molar-refractivity contribution in [2.75, 3.05) is 26.4 Å². The average Bonchev–Trinajstić information content (AvgIpc) is 2.10. The lowest BCUT2D eigenvalue weighted by Gasteiger charge is -2.20. The molecule has 0 heterocycles. The molecule has 1 unspecified atom stereocenters. The molecule has 0 fully saturated rings. The van der Waals surface area contributed by atoms with Gasteiger partial charge >= 0.3 is 0 Å². The number of hydrogen-bond donors (Lipinski definition) is 2. The lowest BCUT2D eigenvalue weighted by Crippen LogP contribution is -2.35. The van der Waals surface area contributed by atoms with E-state index in [1.165, 1.54) is 0 Å². The summed E-state index contributed by atoms with van der Waals surface area (Å²) in [5.41, 5.74) is 0. The molecule has 0 aliphatic heterocycles. The van der Waals surface area contributed by atoms with Gasteiger partial charge in [0, 0.05) is 12.6 Å². The van der Waals surface area contributed by atoms with Crippen LogP contribution in [0.1, 0.15) is 27.2 Å². The van der Waals surface area contributed by atoms with Crippen molar-refractivity contribution in [3.05, 3.63) is 0 Å². The summed E-state index contributed by atoms with van der Waals surface area (Å²) in [6.07, 6.45) is 1.15. The molecule has 13 heavy (non-hydrogen) atoms. The van der Waals surface area contributed by atoms with Crippen molar-refractivity contribution in [1.82, 2.24) is 5.32 Å². The highest BCUT2D eigenvalue weighted by Gasteiger charge is 2.08. The van der Waals surface area contributed by atoms with Gasteiger partial charge in [0.25, 0.3) is 0 Å². The molecule has 0 aliphatic rings. The second kappa shape index (κ2) is 8.48. The van der Waals surface area contributed by atoms with E-state index in [0.717, 1.165) is 13.0 Å². The quantitative estimate of drug-likeness (QED) is 0.560. The number of hydrogen-bond acceptors (Lipinski definition) is 3. The molecular formula is C10H23NO2. The van der Waals surface area contributed by atoms with Gasteiger partial charge in [-0.2, -0.15) is 0 Å². The van der Waals surface area contributed by atoms with Crippen LogP contribution < -0.4 is 5.32 Å². The topological polar surface area (TPSA) is 41.5 Å². The minimum Gasteiger partial charge on any atom is -0.394 e. The Kier molecular flexibility index (Phi) is 8.40. The van der Waals surface area contributed by atoms with E-state index >= 15 is 0 Å². The Bertz CT molecular complexity index is 107. The Hall–Kier alpha value is -0.120. The van der Waals surface area contributed by atoms with Gasteiger partial charge in [0.15, 0.2) is 0 Å². The second-order valence-corrected chi connectivity index (χ2v) is 3.55. The summed E-state index contributed by atoms with van der Waals surface area (Å²) in [6, 6.07) is 0.581. The van der Waals surface area contributed by atoms with Crippen LogP contribution >= 0.6 is 0 Å². The van der Waals surface area contributed by atoms with E-state index in [0.29, 0.717) is 25.2 Å². The molecule has 3 nitrogen and oxygen atoms in total. The van der Waals surface area contributed by atoms with Crippen molar-refractivity contribution in [2.45, 2.75) is 33.2 Å². The highest BCUT2D eigenvalue weighted by atomic mass is 16.5. The van der Waals surface area contributed by atoms with E-state index in [9.17, 15) is 0 Å². The van der Waals surface area contributed by atoms with Crippen LogP contribution in [0, 0.1) is 5.92 Å². The minimum absolute atomic E-state index is 0.112. The zero-order valence-corrected chi connectivity index (χ0v) is 9.05. The van der Waals surface area contributed by atoms with Crippen molar-refractivity contribution in [1.29, 1.82) is 0 Å². The number of nitrogens with one attached hydrogen (secondary N) is 1. The molecule has 0 aromatic rings. The molecule has 0 saturated heterocycles. The van der Waals surface area contributed by atoms with E-state index in [-0.39, 0.29) is 6.61 Å². The van der Waals surface area contributed by atoms with Crippen LogP contribution in [0.3, 0.4) is 0 Å². The van der Waals surface area contributed by atoms with Crippen LogP contribution in [0.25, 0.3) is 0 Å². The predicted octanol–water partition coefficient (Wildman–Crippen LogP) is 1.02. The third-order valence-corrected chi connectivity index (χ3v) is 2.13. The summed E-state index contributed by atoms with van der Waals surface area (Å²) in [7, 11) is 0. The number of ether oxygens (including phenoxy) is 1. The lowest BCUT2D eigenvalue weighted by molar-refractivity contribution is 0.0916. The van der Waals surface area contributed by atoms with Gasteiger partial charge in [-0.25, -0.2) is 0 Å². The number of rotatable bonds is 8. The first-order valence-corrected chi connectivity index (χ1v) is 5.14. The van der Waals surface area contributed by atoms with Gasteiger partial charge < -0.3 is 15.2 Å². The summed E-state index contributed by atoms with van der Waals surface area (Å²) in [5, 5.41) is 11.9. The molecular weight excluding hydrogens is 166 g/mol. The van der Waals surface area contributed by atoms with Gasteiger partial charge in [-0.1, -0.05) is 20.8 Å². The minimum atomic E-state index is 0.112. The first-order valence-electron chi connectivity index (χ1n) is 5.14. The van der Waals surface area contributed by atoms with Crippen LogP contribution in [-0.4, -0.2) is 37.5 Å². The molecule has 0 bridgehead atoms. The molecule has 0 saturated carbocycles. The fraction of sp³-hybridized carbons (Fsp3) is 1.00. The molecule has 3 heteroatoms. The molecule has 2 N–H and O–H groups in total. The van der Waals surface area contributed by atoms with Crippen molar-refractivity contribution in [2.24, 2.45) is 5.92 Å². The summed E-state index contributed by atoms with van der Waals surface area (Å²) in [6.45, 7) is 8.74. The maximum atomic E-state index is 8.46. The van der Waals surface area contributed by atoms with Gasteiger partial charge in [0.05, 0.1) is 19.8 Å². The van der Waals surface area contributed by atoms with E-state index < -0.39 is 0 Å². The van der Waals surface area contributed by atoms with Gasteiger partial charge in [-0.3, -0.25) is 0 Å². The maximum Gasteiger partial charge on any atom is 0.0698 e. The molecule has 0 aliphatic carbocycles. The SMILES string of the molecule is CCC(NCCOCCO)C(C)C. The van der Waals surface area contributed by atoms with Crippen molar-refractivity contribution in [3.8, 4) is 0 Å². The van der Waals surface area contributed by atoms with E-state index in [4.69, 9.17) is 9.84 Å². The number of aliphatic hydroxyl groups excluding tert-OH is 1. The van der Waals surface area contributed by atoms with Gasteiger partial charge in [-0.05, 0) is 12.3 Å². The Balaban J connectivity index is 3.28. The van der Waals surface area contributed by atoms with Crippen LogP contribution in [-0.2, 0) is 4.74 Å². The highest BCUT2D eigenvalue weighted by molar-refractivity contribution is 4.67. The van der Waals surface area contributed by atoms with Gasteiger partial charge in [-0.15, -0.1) is 0 Å². The van der Waals surface area contributed by atoms with Crippen molar-refractivity contribution in [3.63, 3.8) is 0 Å². The van der Waals surface area contributed by atoms with Gasteiger partial charge in [0.1, 0.15) is 0 Å². The van der Waals surface area contributed by atoms with Crippen molar-refractivity contribution >= 4 is 0 Å². The van der Waals surface area contributed by atoms with E-state index in [1.54, 1.807) is 0 Å². The summed E-state index contributed by atoms with van der Waals surface area (Å²) in [4.78, 5) is 0. The van der Waals surface area contributed by atoms with Crippen LogP contribution in [0.15, 0.2) is 0 Å². The summed E-state index contributed by atoms with van der Waals surface area (Å²) in [5.74, 6) is 0.669. The van der Waals surface area contributed by atoms with Crippen LogP contribution in [0.2, 0.25) is 0 Å². The predicted molar refractivity (Wildman–Crippen MR) is 54.8 cm³/mol. The summed E-state index contributed by atoms with van der Waals surface area (Å²) >= 11 is 0. The molecule has 0 aromatic heterocycles. The standard InChI is InChI=1S/C10H23NO2/c1-4-10(9(2)3)11-5-7-13-8-6-12/h9-12H,4-8H2,1-3H3. The fourth-order valence-corrected chi connectivity index (χ4v) is 1.33. The summed E-state index contributed by atoms with van der Waals surface area (Å²) < 4.78 is 5.14. The Morgan fingerprint density at radius 3 is 2.46 bits per heavy atom. The molecule has 0 spiro atoms. The van der Waals surface area contributed by atoms with E-state index in [2.05, 4.69) is 26.1 Å². The molecule has 80 valence electrons. The van der Waals surface area contributed by atoms with Crippen molar-refractivity contribution < 1.29 is 9.84 Å². The maximum absolute atomic E-state index is 8.46. The van der Waals surface area contributed by atoms with Gasteiger partial charge in [0.2, 0.25) is 0 Å². The third-order valence-electron chi connectivity index (χ3n) is 2.13. The normalized spacial score (nSPS) is 13.6. The first kappa shape index (κ1) is 12.9. The molecule has 0 amide bonds. The first-order chi connectivity index (χ1) is 6.22. The largest absolute Gasteiger partial charge is 0.394 e. The highest BCUT2D eigenvalue weighted by Crippen LogP contribution is 2.04. The fourth-order valence-electron chi connectivity index (χ4n) is 1.33. The molecule has 1 atom stereocenters. The van der Waals surface area contributed by atoms with Crippen LogP contribution in [0.4, 0.5) is 0 Å². The number of aliphatic hydroxyl groups is 1. The Morgan fingerprint density at radius 2 is 2.00 bits per heavy atom. The Labute approximate surface area is 81.5 Å². The second-order valence-electron chi connectivity index (χ2n) is 3.55. The smallest absolute Gasteiger partial charge is 0.0698 e. The Morgan fingerprint density at radius 1 is 1.31 bits per heavy atom. The average molecular weight is 189 g/mol. The molecule has 0 radical (unpaired) electrons. The zero-order chi connectivity index (χ0) is 10.1. The zero-order valence-electron chi connectivity index (χ0n) is 9.05. The third kappa shape index (κ3) is 6.99.